The lowest BCUT2D eigenvalue weighted by Gasteiger charge is -2.03. The Balaban J connectivity index is 3.35. The summed E-state index contributed by atoms with van der Waals surface area (Å²) >= 11 is 0. The largest absolute Gasteiger partial charge is 0.466 e. The molecule has 0 aromatic rings. The van der Waals surface area contributed by atoms with Crippen LogP contribution in [0.25, 0.3) is 0 Å². The number of carbonyl (C=O) groups is 1. The average molecular weight is 230 g/mol. The zero-order chi connectivity index (χ0) is 12.2. The van der Waals surface area contributed by atoms with Crippen LogP contribution < -0.4 is 0 Å². The molecule has 0 aliphatic rings. The molecule has 0 unspecified atom stereocenters. The second kappa shape index (κ2) is 10.6. The van der Waals surface area contributed by atoms with Crippen molar-refractivity contribution in [1.29, 1.82) is 0 Å². The highest BCUT2D eigenvalue weighted by Crippen LogP contribution is 1.95. The molecule has 4 nitrogen and oxygen atoms in total. The van der Waals surface area contributed by atoms with Crippen molar-refractivity contribution >= 4 is 5.97 Å². The van der Waals surface area contributed by atoms with E-state index >= 15 is 0 Å². The molecule has 0 spiro atoms. The first kappa shape index (κ1) is 15.1. The Morgan fingerprint density at radius 3 is 2.50 bits per heavy atom. The monoisotopic (exact) mass is 230 g/mol. The minimum absolute atomic E-state index is 0.317. The summed E-state index contributed by atoms with van der Waals surface area (Å²) in [6, 6.07) is 0. The molecule has 0 saturated carbocycles. The van der Waals surface area contributed by atoms with E-state index in [0.29, 0.717) is 25.4 Å². The predicted octanol–water partition coefficient (Wildman–Crippen LogP) is 1.94. The Hall–Kier alpha value is -0.870. The highest BCUT2D eigenvalue weighted by Gasteiger charge is 2.01. The maximum absolute atomic E-state index is 11.0. The zero-order valence-corrected chi connectivity index (χ0v) is 10.5. The Labute approximate surface area is 97.6 Å². The van der Waals surface area contributed by atoms with Crippen LogP contribution in [0.4, 0.5) is 0 Å². The molecule has 0 bridgehead atoms. The van der Waals surface area contributed by atoms with Crippen LogP contribution in [0.5, 0.6) is 0 Å². The van der Waals surface area contributed by atoms with E-state index in [4.69, 9.17) is 9.47 Å². The van der Waals surface area contributed by atoms with Gasteiger partial charge in [0.15, 0.2) is 0 Å². The zero-order valence-electron chi connectivity index (χ0n) is 10.5. The molecule has 0 rings (SSSR count). The van der Waals surface area contributed by atoms with Gasteiger partial charge in [0.2, 0.25) is 0 Å². The number of hydrogen-bond acceptors (Lipinski definition) is 4. The standard InChI is InChI=1S/C12H22O4/c1-4-5-7-15-9-10-16-8-6-11(2)12(13)14-3/h6H,4-5,7-10H2,1-3H3. The minimum atomic E-state index is -0.317. The second-order valence-electron chi connectivity index (χ2n) is 3.42. The molecule has 4 heteroatoms. The van der Waals surface area contributed by atoms with Crippen LogP contribution in [0.2, 0.25) is 0 Å². The normalized spacial score (nSPS) is 11.6. The molecule has 0 atom stereocenters. The average Bonchev–Trinajstić information content (AvgIpc) is 2.31. The Morgan fingerprint density at radius 2 is 1.88 bits per heavy atom. The van der Waals surface area contributed by atoms with Crippen LogP contribution in [-0.2, 0) is 19.0 Å². The Morgan fingerprint density at radius 1 is 1.19 bits per heavy atom. The molecule has 94 valence electrons. The van der Waals surface area contributed by atoms with Crippen molar-refractivity contribution in [3.63, 3.8) is 0 Å². The summed E-state index contributed by atoms with van der Waals surface area (Å²) in [7, 11) is 1.36. The van der Waals surface area contributed by atoms with Crippen LogP contribution in [0.3, 0.4) is 0 Å². The fraction of sp³-hybridized carbons (Fsp3) is 0.750. The first-order valence-corrected chi connectivity index (χ1v) is 5.63. The predicted molar refractivity (Wildman–Crippen MR) is 62.3 cm³/mol. The summed E-state index contributed by atoms with van der Waals surface area (Å²) in [6.45, 7) is 6.18. The van der Waals surface area contributed by atoms with Crippen LogP contribution in [-0.4, -0.2) is 39.5 Å². The third kappa shape index (κ3) is 8.44. The fourth-order valence-corrected chi connectivity index (χ4v) is 0.978. The van der Waals surface area contributed by atoms with E-state index < -0.39 is 0 Å². The number of esters is 1. The summed E-state index contributed by atoms with van der Waals surface area (Å²) in [5.74, 6) is -0.317. The van der Waals surface area contributed by atoms with E-state index in [-0.39, 0.29) is 5.97 Å². The third-order valence-corrected chi connectivity index (χ3v) is 2.03. The molecular weight excluding hydrogens is 208 g/mol. The summed E-state index contributed by atoms with van der Waals surface area (Å²) < 4.78 is 15.1. The van der Waals surface area contributed by atoms with Gasteiger partial charge < -0.3 is 14.2 Å². The summed E-state index contributed by atoms with van der Waals surface area (Å²) in [5.41, 5.74) is 0.564. The lowest BCUT2D eigenvalue weighted by atomic mass is 10.3. The molecule has 0 aliphatic heterocycles. The van der Waals surface area contributed by atoms with Crippen LogP contribution in [0, 0.1) is 0 Å². The summed E-state index contributed by atoms with van der Waals surface area (Å²) in [4.78, 5) is 11.0. The van der Waals surface area contributed by atoms with Gasteiger partial charge in [0, 0.05) is 12.2 Å². The SMILES string of the molecule is CCCCOCCOCC=C(C)C(=O)OC. The van der Waals surface area contributed by atoms with Gasteiger partial charge in [-0.15, -0.1) is 0 Å². The minimum Gasteiger partial charge on any atom is -0.466 e. The van der Waals surface area contributed by atoms with Gasteiger partial charge in [-0.05, 0) is 19.4 Å². The van der Waals surface area contributed by atoms with Crippen LogP contribution in [0.1, 0.15) is 26.7 Å². The van der Waals surface area contributed by atoms with E-state index in [1.54, 1.807) is 13.0 Å². The quantitative estimate of drug-likeness (QED) is 0.345. The number of hydrogen-bond donors (Lipinski definition) is 0. The maximum Gasteiger partial charge on any atom is 0.333 e. The molecule has 0 radical (unpaired) electrons. The van der Waals surface area contributed by atoms with Gasteiger partial charge in [-0.25, -0.2) is 4.79 Å². The van der Waals surface area contributed by atoms with Crippen LogP contribution >= 0.6 is 0 Å². The van der Waals surface area contributed by atoms with Crippen molar-refractivity contribution in [2.45, 2.75) is 26.7 Å². The highest BCUT2D eigenvalue weighted by molar-refractivity contribution is 5.87. The fourth-order valence-electron chi connectivity index (χ4n) is 0.978. The topological polar surface area (TPSA) is 44.8 Å². The highest BCUT2D eigenvalue weighted by atomic mass is 16.5. The molecule has 0 fully saturated rings. The molecule has 16 heavy (non-hydrogen) atoms. The van der Waals surface area contributed by atoms with Crippen molar-refractivity contribution < 1.29 is 19.0 Å². The number of unbranched alkanes of at least 4 members (excludes halogenated alkanes) is 1. The first-order valence-electron chi connectivity index (χ1n) is 5.63. The van der Waals surface area contributed by atoms with Crippen molar-refractivity contribution in [2.75, 3.05) is 33.5 Å². The molecule has 0 heterocycles. The smallest absolute Gasteiger partial charge is 0.333 e. The van der Waals surface area contributed by atoms with Crippen molar-refractivity contribution in [2.24, 2.45) is 0 Å². The molecule has 0 aromatic carbocycles. The van der Waals surface area contributed by atoms with Gasteiger partial charge >= 0.3 is 5.97 Å². The van der Waals surface area contributed by atoms with E-state index in [9.17, 15) is 4.79 Å². The van der Waals surface area contributed by atoms with Gasteiger partial charge in [-0.3, -0.25) is 0 Å². The van der Waals surface area contributed by atoms with Gasteiger partial charge in [0.05, 0.1) is 26.9 Å². The number of carbonyl (C=O) groups excluding carboxylic acids is 1. The van der Waals surface area contributed by atoms with Crippen molar-refractivity contribution in [3.05, 3.63) is 11.6 Å². The summed E-state index contributed by atoms with van der Waals surface area (Å²) in [6.07, 6.45) is 3.93. The Bertz CT molecular complexity index is 211. The summed E-state index contributed by atoms with van der Waals surface area (Å²) in [5, 5.41) is 0. The lowest BCUT2D eigenvalue weighted by molar-refractivity contribution is -0.136. The second-order valence-corrected chi connectivity index (χ2v) is 3.42. The number of ether oxygens (including phenoxy) is 3. The number of rotatable bonds is 9. The van der Waals surface area contributed by atoms with E-state index in [0.717, 1.165) is 19.4 Å². The maximum atomic E-state index is 11.0. The van der Waals surface area contributed by atoms with Crippen LogP contribution in [0.15, 0.2) is 11.6 Å². The molecule has 0 aliphatic carbocycles. The van der Waals surface area contributed by atoms with E-state index in [1.165, 1.54) is 7.11 Å². The molecule has 0 saturated heterocycles. The van der Waals surface area contributed by atoms with Gasteiger partial charge in [-0.1, -0.05) is 13.3 Å². The van der Waals surface area contributed by atoms with E-state index in [1.807, 2.05) is 0 Å². The molecular formula is C12H22O4. The van der Waals surface area contributed by atoms with Gasteiger partial charge in [0.25, 0.3) is 0 Å². The van der Waals surface area contributed by atoms with E-state index in [2.05, 4.69) is 11.7 Å². The third-order valence-electron chi connectivity index (χ3n) is 2.03. The first-order chi connectivity index (χ1) is 7.72. The molecule has 0 N–H and O–H groups in total. The molecule has 0 aromatic heterocycles. The van der Waals surface area contributed by atoms with Crippen molar-refractivity contribution in [3.8, 4) is 0 Å². The van der Waals surface area contributed by atoms with Crippen molar-refractivity contribution in [1.82, 2.24) is 0 Å². The van der Waals surface area contributed by atoms with Gasteiger partial charge in [-0.2, -0.15) is 0 Å². The van der Waals surface area contributed by atoms with Gasteiger partial charge in [0.1, 0.15) is 0 Å². The Kier molecular flexibility index (Phi) is 10.1. The molecule has 0 amide bonds. The number of methoxy groups -OCH3 is 1. The lowest BCUT2D eigenvalue weighted by Crippen LogP contribution is -2.07.